The molecular formula is C25H28N4OS. The van der Waals surface area contributed by atoms with Crippen molar-refractivity contribution in [3.05, 3.63) is 82.3 Å². The second kappa shape index (κ2) is 11.4. The van der Waals surface area contributed by atoms with Crippen molar-refractivity contribution < 1.29 is 4.79 Å². The first-order chi connectivity index (χ1) is 15.2. The van der Waals surface area contributed by atoms with Gasteiger partial charge in [0.25, 0.3) is 5.91 Å². The van der Waals surface area contributed by atoms with Crippen molar-refractivity contribution in [2.75, 3.05) is 11.1 Å². The molecule has 2 aromatic rings. The van der Waals surface area contributed by atoms with Crippen LogP contribution >= 0.6 is 11.8 Å². The second-order valence-electron chi connectivity index (χ2n) is 7.46. The minimum absolute atomic E-state index is 0.210. The number of nitriles is 1. The van der Waals surface area contributed by atoms with E-state index in [1.807, 2.05) is 49.4 Å². The largest absolute Gasteiger partial charge is 0.353 e. The van der Waals surface area contributed by atoms with Gasteiger partial charge in [-0.05, 0) is 48.9 Å². The summed E-state index contributed by atoms with van der Waals surface area (Å²) in [5.74, 6) is 0.295. The van der Waals surface area contributed by atoms with E-state index in [0.717, 1.165) is 34.2 Å². The molecule has 0 aliphatic carbocycles. The highest BCUT2D eigenvalue weighted by atomic mass is 32.2. The molecule has 2 N–H and O–H groups in total. The van der Waals surface area contributed by atoms with E-state index in [1.165, 1.54) is 19.3 Å². The number of aromatic nitrogens is 1. The summed E-state index contributed by atoms with van der Waals surface area (Å²) in [5.41, 5.74) is 3.51. The van der Waals surface area contributed by atoms with Crippen LogP contribution < -0.4 is 10.6 Å². The van der Waals surface area contributed by atoms with E-state index in [9.17, 15) is 10.1 Å². The molecule has 1 aliphatic heterocycles. The highest BCUT2D eigenvalue weighted by molar-refractivity contribution is 8.03. The van der Waals surface area contributed by atoms with Gasteiger partial charge in [-0.3, -0.25) is 9.78 Å². The Labute approximate surface area is 188 Å². The minimum Gasteiger partial charge on any atom is -0.353 e. The quantitative estimate of drug-likeness (QED) is 0.495. The molecule has 0 unspecified atom stereocenters. The van der Waals surface area contributed by atoms with Gasteiger partial charge in [-0.25, -0.2) is 0 Å². The number of hydrogen-bond donors (Lipinski definition) is 2. The number of unbranched alkanes of at least 4 members (excludes halogenated alkanes) is 3. The topological polar surface area (TPSA) is 77.8 Å². The number of rotatable bonds is 9. The third kappa shape index (κ3) is 5.77. The Morgan fingerprint density at radius 2 is 1.90 bits per heavy atom. The molecule has 2 heterocycles. The van der Waals surface area contributed by atoms with Crippen molar-refractivity contribution in [1.29, 1.82) is 5.26 Å². The average Bonchev–Trinajstić information content (AvgIpc) is 2.79. The minimum atomic E-state index is -0.434. The number of thioether (sulfide) groups is 1. The van der Waals surface area contributed by atoms with Crippen LogP contribution in [0.15, 0.2) is 76.7 Å². The molecule has 5 nitrogen and oxygen atoms in total. The van der Waals surface area contributed by atoms with Crippen molar-refractivity contribution in [1.82, 2.24) is 10.3 Å². The lowest BCUT2D eigenvalue weighted by Gasteiger charge is -2.29. The van der Waals surface area contributed by atoms with Crippen LogP contribution in [0.4, 0.5) is 5.69 Å². The molecule has 1 atom stereocenters. The Bertz CT molecular complexity index is 993. The summed E-state index contributed by atoms with van der Waals surface area (Å²) in [6.07, 6.45) is 8.11. The summed E-state index contributed by atoms with van der Waals surface area (Å²) in [6.45, 7) is 4.10. The zero-order valence-electron chi connectivity index (χ0n) is 18.0. The van der Waals surface area contributed by atoms with E-state index in [4.69, 9.17) is 0 Å². The summed E-state index contributed by atoms with van der Waals surface area (Å²) >= 11 is 1.66. The van der Waals surface area contributed by atoms with Crippen LogP contribution in [-0.2, 0) is 4.79 Å². The molecular weight excluding hydrogens is 404 g/mol. The van der Waals surface area contributed by atoms with Gasteiger partial charge in [-0.2, -0.15) is 5.26 Å². The van der Waals surface area contributed by atoms with Gasteiger partial charge < -0.3 is 10.6 Å². The van der Waals surface area contributed by atoms with E-state index in [-0.39, 0.29) is 5.91 Å². The fourth-order valence-corrected chi connectivity index (χ4v) is 4.74. The molecule has 1 aliphatic rings. The van der Waals surface area contributed by atoms with Crippen LogP contribution in [0.1, 0.15) is 51.0 Å². The molecule has 0 bridgehead atoms. The van der Waals surface area contributed by atoms with Crippen molar-refractivity contribution in [3.63, 3.8) is 0 Å². The van der Waals surface area contributed by atoms with Gasteiger partial charge in [0.1, 0.15) is 0 Å². The summed E-state index contributed by atoms with van der Waals surface area (Å²) in [5, 5.41) is 17.2. The fraction of sp³-hybridized carbons (Fsp3) is 0.320. The lowest BCUT2D eigenvalue weighted by atomic mass is 9.82. The maximum Gasteiger partial charge on any atom is 0.254 e. The molecule has 160 valence electrons. The lowest BCUT2D eigenvalue weighted by molar-refractivity contribution is -0.113. The van der Waals surface area contributed by atoms with E-state index in [2.05, 4.69) is 28.6 Å². The normalized spacial score (nSPS) is 16.0. The number of nitrogens with one attached hydrogen (secondary N) is 2. The monoisotopic (exact) mass is 432 g/mol. The number of amides is 1. The number of nitrogens with zero attached hydrogens (tertiary/aromatic N) is 2. The number of para-hydroxylation sites is 1. The predicted molar refractivity (Wildman–Crippen MR) is 127 cm³/mol. The molecule has 6 heteroatoms. The highest BCUT2D eigenvalue weighted by Gasteiger charge is 2.34. The van der Waals surface area contributed by atoms with Gasteiger partial charge in [0.2, 0.25) is 0 Å². The smallest absolute Gasteiger partial charge is 0.254 e. The first kappa shape index (κ1) is 22.6. The Hall–Kier alpha value is -3.04. The molecule has 0 fully saturated rings. The van der Waals surface area contributed by atoms with Crippen LogP contribution in [0, 0.1) is 11.3 Å². The fourth-order valence-electron chi connectivity index (χ4n) is 3.64. The van der Waals surface area contributed by atoms with E-state index >= 15 is 0 Å². The zero-order chi connectivity index (χ0) is 22.1. The SMILES string of the molecule is CCCCCCSC1=C(C#N)[C@H](c2ccncc2)C(C(=O)Nc2ccccc2)=C(C)N1. The second-order valence-corrected chi connectivity index (χ2v) is 8.57. The highest BCUT2D eigenvalue weighted by Crippen LogP contribution is 2.40. The van der Waals surface area contributed by atoms with Crippen molar-refractivity contribution in [3.8, 4) is 6.07 Å². The van der Waals surface area contributed by atoms with Gasteiger partial charge in [0.15, 0.2) is 0 Å². The average molecular weight is 433 g/mol. The first-order valence-corrected chi connectivity index (χ1v) is 11.7. The first-order valence-electron chi connectivity index (χ1n) is 10.7. The van der Waals surface area contributed by atoms with Crippen molar-refractivity contribution in [2.45, 2.75) is 45.4 Å². The molecule has 0 radical (unpaired) electrons. The van der Waals surface area contributed by atoms with Gasteiger partial charge in [0.05, 0.1) is 22.6 Å². The summed E-state index contributed by atoms with van der Waals surface area (Å²) in [6, 6.07) is 15.5. The molecule has 31 heavy (non-hydrogen) atoms. The Balaban J connectivity index is 1.92. The third-order valence-electron chi connectivity index (χ3n) is 5.21. The van der Waals surface area contributed by atoms with Crippen LogP contribution in [-0.4, -0.2) is 16.6 Å². The van der Waals surface area contributed by atoms with E-state index in [1.54, 1.807) is 24.2 Å². The summed E-state index contributed by atoms with van der Waals surface area (Å²) in [4.78, 5) is 17.4. The molecule has 0 saturated heterocycles. The maximum absolute atomic E-state index is 13.3. The number of anilines is 1. The third-order valence-corrected chi connectivity index (χ3v) is 6.31. The molecule has 1 aromatic carbocycles. The number of allylic oxidation sites excluding steroid dienone is 2. The van der Waals surface area contributed by atoms with Gasteiger partial charge >= 0.3 is 0 Å². The molecule has 0 spiro atoms. The number of hydrogen-bond acceptors (Lipinski definition) is 5. The maximum atomic E-state index is 13.3. The van der Waals surface area contributed by atoms with E-state index in [0.29, 0.717) is 11.1 Å². The number of carbonyl (C=O) groups excluding carboxylic acids is 1. The Morgan fingerprint density at radius 3 is 2.58 bits per heavy atom. The van der Waals surface area contributed by atoms with Crippen LogP contribution in [0.2, 0.25) is 0 Å². The zero-order valence-corrected chi connectivity index (χ0v) is 18.8. The van der Waals surface area contributed by atoms with Crippen molar-refractivity contribution >= 4 is 23.4 Å². The van der Waals surface area contributed by atoms with Crippen LogP contribution in [0.3, 0.4) is 0 Å². The standard InChI is InChI=1S/C25H28N4OS/c1-3-4-5-9-16-31-25-21(17-26)23(19-12-14-27-15-13-19)22(18(2)28-25)24(30)29-20-10-7-6-8-11-20/h6-8,10-15,23,28H,3-5,9,16H2,1-2H3,(H,29,30)/t23-/m0/s1. The summed E-state index contributed by atoms with van der Waals surface area (Å²) in [7, 11) is 0. The van der Waals surface area contributed by atoms with Crippen molar-refractivity contribution in [2.24, 2.45) is 0 Å². The predicted octanol–water partition coefficient (Wildman–Crippen LogP) is 5.73. The number of benzene rings is 1. The lowest BCUT2D eigenvalue weighted by Crippen LogP contribution is -2.30. The molecule has 0 saturated carbocycles. The van der Waals surface area contributed by atoms with Gasteiger partial charge in [-0.1, -0.05) is 44.4 Å². The number of carbonyl (C=O) groups is 1. The van der Waals surface area contributed by atoms with Crippen LogP contribution in [0.5, 0.6) is 0 Å². The Morgan fingerprint density at radius 1 is 1.16 bits per heavy atom. The molecule has 1 aromatic heterocycles. The number of dihydropyridines is 1. The summed E-state index contributed by atoms with van der Waals surface area (Å²) < 4.78 is 0. The molecule has 3 rings (SSSR count). The van der Waals surface area contributed by atoms with E-state index < -0.39 is 5.92 Å². The van der Waals surface area contributed by atoms with Crippen LogP contribution in [0.25, 0.3) is 0 Å². The van der Waals surface area contributed by atoms with Gasteiger partial charge in [0, 0.05) is 29.4 Å². The number of pyridine rings is 1. The Kier molecular flexibility index (Phi) is 8.31. The molecule has 1 amide bonds. The van der Waals surface area contributed by atoms with Gasteiger partial charge in [-0.15, -0.1) is 11.8 Å².